The van der Waals surface area contributed by atoms with E-state index in [0.29, 0.717) is 0 Å². The number of aryl methyl sites for hydroxylation is 1. The fourth-order valence-corrected chi connectivity index (χ4v) is 5.19. The Kier molecular flexibility index (Phi) is 6.08. The van der Waals surface area contributed by atoms with Gasteiger partial charge < -0.3 is 4.57 Å². The van der Waals surface area contributed by atoms with Crippen molar-refractivity contribution in [2.75, 3.05) is 5.75 Å². The number of sulfonamides is 1. The summed E-state index contributed by atoms with van der Waals surface area (Å²) in [6.07, 6.45) is -3.74. The molecule has 0 aliphatic carbocycles. The van der Waals surface area contributed by atoms with Gasteiger partial charge in [0.1, 0.15) is 11.4 Å². The number of halogens is 3. The van der Waals surface area contributed by atoms with Crippen LogP contribution in [-0.4, -0.2) is 48.1 Å². The summed E-state index contributed by atoms with van der Waals surface area (Å²) >= 11 is 0. The van der Waals surface area contributed by atoms with Crippen LogP contribution in [0.4, 0.5) is 13.2 Å². The molecule has 3 rings (SSSR count). The topological polar surface area (TPSA) is 124 Å². The number of imidazole rings is 1. The van der Waals surface area contributed by atoms with Crippen molar-refractivity contribution in [3.8, 4) is 11.5 Å². The number of aromatic nitrogens is 4. The van der Waals surface area contributed by atoms with Crippen molar-refractivity contribution < 1.29 is 30.0 Å². The number of rotatable bonds is 6. The Hall–Kier alpha value is -2.58. The Morgan fingerprint density at radius 2 is 1.78 bits per heavy atom. The molecule has 0 bridgehead atoms. The highest BCUT2D eigenvalue weighted by atomic mass is 32.2. The highest BCUT2D eigenvalue weighted by Crippen LogP contribution is 2.32. The Morgan fingerprint density at radius 3 is 2.34 bits per heavy atom. The molecule has 174 valence electrons. The number of nitrogens with zero attached hydrogens (tertiary/aromatic N) is 4. The summed E-state index contributed by atoms with van der Waals surface area (Å²) in [5.74, 6) is -0.420. The van der Waals surface area contributed by atoms with Gasteiger partial charge in [0.05, 0.1) is 27.9 Å². The molecule has 0 aromatic carbocycles. The fraction of sp³-hybridized carbons (Fsp3) is 0.389. The first-order valence-corrected chi connectivity index (χ1v) is 12.5. The standard InChI is InChI=1S/C18H20F3N5O4S2/c1-5-31(27,28)13-6-7-15(32(29,30)25-10(2)3)24-16(13)17-23-11-8-14(18(19,20)21)22-9-12(11)26(17)4/h6-10,25H,5H2,1-4H3. The molecule has 9 nitrogen and oxygen atoms in total. The molecule has 0 aliphatic rings. The van der Waals surface area contributed by atoms with Crippen molar-refractivity contribution in [2.24, 2.45) is 7.05 Å². The molecular formula is C18H20F3N5O4S2. The van der Waals surface area contributed by atoms with E-state index in [1.807, 2.05) is 0 Å². The van der Waals surface area contributed by atoms with Crippen LogP contribution in [-0.2, 0) is 33.1 Å². The SMILES string of the molecule is CCS(=O)(=O)c1ccc(S(=O)(=O)NC(C)C)nc1-c1nc2cc(C(F)(F)F)ncc2n1C. The average molecular weight is 492 g/mol. The maximum Gasteiger partial charge on any atom is 0.433 e. The van der Waals surface area contributed by atoms with Gasteiger partial charge >= 0.3 is 6.18 Å². The fourth-order valence-electron chi connectivity index (χ4n) is 2.97. The lowest BCUT2D eigenvalue weighted by Crippen LogP contribution is -2.31. The molecule has 14 heteroatoms. The van der Waals surface area contributed by atoms with Gasteiger partial charge in [-0.2, -0.15) is 13.2 Å². The minimum Gasteiger partial charge on any atom is -0.324 e. The van der Waals surface area contributed by atoms with Gasteiger partial charge in [-0.1, -0.05) is 6.92 Å². The molecule has 32 heavy (non-hydrogen) atoms. The van der Waals surface area contributed by atoms with E-state index in [1.54, 1.807) is 13.8 Å². The number of fused-ring (bicyclic) bond motifs is 1. The smallest absolute Gasteiger partial charge is 0.324 e. The van der Waals surface area contributed by atoms with Crippen LogP contribution in [0.1, 0.15) is 26.5 Å². The van der Waals surface area contributed by atoms with E-state index < -0.39 is 42.8 Å². The van der Waals surface area contributed by atoms with Crippen LogP contribution in [0.25, 0.3) is 22.6 Å². The Bertz CT molecular complexity index is 1400. The van der Waals surface area contributed by atoms with E-state index in [0.717, 1.165) is 24.4 Å². The van der Waals surface area contributed by atoms with Crippen LogP contribution in [0.2, 0.25) is 0 Å². The van der Waals surface area contributed by atoms with Gasteiger partial charge in [-0.3, -0.25) is 0 Å². The minimum absolute atomic E-state index is 0.0972. The Morgan fingerprint density at radius 1 is 1.12 bits per heavy atom. The molecule has 3 aromatic heterocycles. The molecule has 0 atom stereocenters. The minimum atomic E-state index is -4.70. The third-order valence-corrected chi connectivity index (χ3v) is 7.80. The van der Waals surface area contributed by atoms with Crippen molar-refractivity contribution in [1.29, 1.82) is 0 Å². The maximum absolute atomic E-state index is 13.0. The molecule has 3 aromatic rings. The van der Waals surface area contributed by atoms with E-state index in [1.165, 1.54) is 18.5 Å². The van der Waals surface area contributed by atoms with Gasteiger partial charge in [0.2, 0.25) is 0 Å². The van der Waals surface area contributed by atoms with Gasteiger partial charge in [0, 0.05) is 13.1 Å². The first kappa shape index (κ1) is 24.1. The molecule has 1 N–H and O–H groups in total. The number of hydrogen-bond acceptors (Lipinski definition) is 7. The summed E-state index contributed by atoms with van der Waals surface area (Å²) < 4.78 is 93.2. The summed E-state index contributed by atoms with van der Waals surface area (Å²) in [7, 11) is -6.52. The Balaban J connectivity index is 2.32. The largest absolute Gasteiger partial charge is 0.433 e. The molecule has 0 saturated carbocycles. The van der Waals surface area contributed by atoms with Crippen LogP contribution in [0.5, 0.6) is 0 Å². The number of alkyl halides is 3. The lowest BCUT2D eigenvalue weighted by Gasteiger charge is -2.13. The van der Waals surface area contributed by atoms with E-state index in [4.69, 9.17) is 0 Å². The summed E-state index contributed by atoms with van der Waals surface area (Å²) in [5.41, 5.74) is -1.37. The molecule has 0 unspecified atom stereocenters. The van der Waals surface area contributed by atoms with E-state index >= 15 is 0 Å². The quantitative estimate of drug-likeness (QED) is 0.562. The zero-order valence-electron chi connectivity index (χ0n) is 17.5. The second-order valence-electron chi connectivity index (χ2n) is 7.23. The number of nitrogens with one attached hydrogen (secondary N) is 1. The second-order valence-corrected chi connectivity index (χ2v) is 11.1. The van der Waals surface area contributed by atoms with Crippen molar-refractivity contribution >= 4 is 30.9 Å². The summed E-state index contributed by atoms with van der Waals surface area (Å²) in [5, 5.41) is -0.447. The third kappa shape index (κ3) is 4.47. The monoisotopic (exact) mass is 491 g/mol. The van der Waals surface area contributed by atoms with Crippen LogP contribution in [0.15, 0.2) is 34.3 Å². The van der Waals surface area contributed by atoms with E-state index in [9.17, 15) is 30.0 Å². The molecule has 0 aliphatic heterocycles. The normalized spacial score (nSPS) is 13.2. The van der Waals surface area contributed by atoms with Crippen LogP contribution in [0.3, 0.4) is 0 Å². The maximum atomic E-state index is 13.0. The van der Waals surface area contributed by atoms with Crippen molar-refractivity contribution in [1.82, 2.24) is 24.2 Å². The van der Waals surface area contributed by atoms with Crippen LogP contribution in [0, 0.1) is 0 Å². The van der Waals surface area contributed by atoms with Crippen LogP contribution < -0.4 is 4.72 Å². The van der Waals surface area contributed by atoms with E-state index in [2.05, 4.69) is 19.7 Å². The first-order valence-electron chi connectivity index (χ1n) is 9.33. The molecule has 0 fully saturated rings. The molecule has 0 radical (unpaired) electrons. The summed E-state index contributed by atoms with van der Waals surface area (Å²) in [6.45, 7) is 4.61. The predicted molar refractivity (Wildman–Crippen MR) is 110 cm³/mol. The van der Waals surface area contributed by atoms with Crippen molar-refractivity contribution in [2.45, 2.75) is 42.9 Å². The molecule has 0 spiro atoms. The highest BCUT2D eigenvalue weighted by molar-refractivity contribution is 7.91. The third-order valence-electron chi connectivity index (χ3n) is 4.48. The number of pyridine rings is 2. The molecular weight excluding hydrogens is 471 g/mol. The van der Waals surface area contributed by atoms with Gasteiger partial charge in [-0.05, 0) is 32.0 Å². The second kappa shape index (κ2) is 8.08. The summed E-state index contributed by atoms with van der Waals surface area (Å²) in [6, 6.07) is 2.44. The van der Waals surface area contributed by atoms with E-state index in [-0.39, 0.29) is 33.2 Å². The van der Waals surface area contributed by atoms with Gasteiger partial charge in [-0.25, -0.2) is 36.5 Å². The highest BCUT2D eigenvalue weighted by Gasteiger charge is 2.33. The molecule has 0 amide bonds. The number of sulfone groups is 1. The van der Waals surface area contributed by atoms with Crippen molar-refractivity contribution in [3.05, 3.63) is 30.1 Å². The molecule has 0 saturated heterocycles. The Labute approximate surface area is 182 Å². The zero-order valence-corrected chi connectivity index (χ0v) is 19.1. The molecule has 3 heterocycles. The van der Waals surface area contributed by atoms with Crippen LogP contribution >= 0.6 is 0 Å². The van der Waals surface area contributed by atoms with Gasteiger partial charge in [0.25, 0.3) is 10.0 Å². The first-order chi connectivity index (χ1) is 14.7. The lowest BCUT2D eigenvalue weighted by molar-refractivity contribution is -0.141. The predicted octanol–water partition coefficient (Wildman–Crippen LogP) is 2.53. The van der Waals surface area contributed by atoms with Gasteiger partial charge in [0.15, 0.2) is 20.7 Å². The van der Waals surface area contributed by atoms with Crippen molar-refractivity contribution in [3.63, 3.8) is 0 Å². The number of hydrogen-bond donors (Lipinski definition) is 1. The summed E-state index contributed by atoms with van der Waals surface area (Å²) in [4.78, 5) is 11.3. The van der Waals surface area contributed by atoms with Gasteiger partial charge in [-0.15, -0.1) is 0 Å². The average Bonchev–Trinajstić information content (AvgIpc) is 3.02. The zero-order chi connectivity index (χ0) is 24.1. The lowest BCUT2D eigenvalue weighted by atomic mass is 10.3.